The first-order valence-corrected chi connectivity index (χ1v) is 21.2. The van der Waals surface area contributed by atoms with Gasteiger partial charge in [0, 0.05) is 50.5 Å². The number of nitrogens with zero attached hydrogens (tertiary/aromatic N) is 1. The molecule has 0 N–H and O–H groups in total. The first-order valence-electron chi connectivity index (χ1n) is 21.2. The summed E-state index contributed by atoms with van der Waals surface area (Å²) in [5, 5.41) is 6.80. The Hall–Kier alpha value is -8.14. The van der Waals surface area contributed by atoms with Crippen LogP contribution in [-0.4, -0.2) is 0 Å². The second-order valence-electron chi connectivity index (χ2n) is 16.0. The van der Waals surface area contributed by atoms with Crippen LogP contribution in [0.5, 0.6) is 0 Å². The molecule has 0 aliphatic carbocycles. The van der Waals surface area contributed by atoms with Gasteiger partial charge in [-0.15, -0.1) is 0 Å². The van der Waals surface area contributed by atoms with Gasteiger partial charge in [-0.05, 0) is 105 Å². The van der Waals surface area contributed by atoms with Crippen LogP contribution in [0.1, 0.15) is 22.6 Å². The van der Waals surface area contributed by atoms with Crippen molar-refractivity contribution in [2.45, 2.75) is 5.92 Å². The van der Waals surface area contributed by atoms with Crippen molar-refractivity contribution < 1.29 is 8.83 Å². The van der Waals surface area contributed by atoms with Crippen molar-refractivity contribution in [3.63, 3.8) is 0 Å². The van der Waals surface area contributed by atoms with E-state index in [0.29, 0.717) is 0 Å². The lowest BCUT2D eigenvalue weighted by molar-refractivity contribution is 0.668. The number of para-hydroxylation sites is 3. The summed E-state index contributed by atoms with van der Waals surface area (Å²) < 4.78 is 13.0. The molecule has 3 heteroatoms. The molecule has 3 nitrogen and oxygen atoms in total. The molecule has 0 aliphatic heterocycles. The first kappa shape index (κ1) is 35.8. The maximum Gasteiger partial charge on any atom is 0.137 e. The van der Waals surface area contributed by atoms with Crippen LogP contribution < -0.4 is 4.90 Å². The van der Waals surface area contributed by atoms with Crippen molar-refractivity contribution in [3.8, 4) is 22.3 Å². The molecule has 0 saturated heterocycles. The Morgan fingerprint density at radius 2 is 0.839 bits per heavy atom. The summed E-state index contributed by atoms with van der Waals surface area (Å²) in [6.45, 7) is 0. The van der Waals surface area contributed by atoms with E-state index in [2.05, 4.69) is 211 Å². The van der Waals surface area contributed by atoms with Gasteiger partial charge in [0.2, 0.25) is 0 Å². The van der Waals surface area contributed by atoms with Gasteiger partial charge in [-0.3, -0.25) is 0 Å². The van der Waals surface area contributed by atoms with E-state index < -0.39 is 0 Å². The van der Waals surface area contributed by atoms with Crippen LogP contribution in [0.25, 0.3) is 76.9 Å². The number of furan rings is 2. The molecule has 62 heavy (non-hydrogen) atoms. The van der Waals surface area contributed by atoms with Crippen molar-refractivity contribution in [1.82, 2.24) is 0 Å². The molecule has 12 aromatic rings. The monoisotopic (exact) mass is 793 g/mol. The van der Waals surface area contributed by atoms with Crippen molar-refractivity contribution in [1.29, 1.82) is 0 Å². The first-order chi connectivity index (χ1) is 30.7. The lowest BCUT2D eigenvalue weighted by atomic mass is 9.81. The topological polar surface area (TPSA) is 29.5 Å². The molecule has 292 valence electrons. The summed E-state index contributed by atoms with van der Waals surface area (Å²) in [5.74, 6) is -0.0707. The zero-order chi connectivity index (χ0) is 41.0. The fourth-order valence-electron chi connectivity index (χ4n) is 9.48. The zero-order valence-corrected chi connectivity index (χ0v) is 33.8. The number of anilines is 3. The summed E-state index contributed by atoms with van der Waals surface area (Å²) >= 11 is 0. The smallest absolute Gasteiger partial charge is 0.137 e. The minimum atomic E-state index is -0.0707. The minimum absolute atomic E-state index is 0.0707. The van der Waals surface area contributed by atoms with Gasteiger partial charge in [0.25, 0.3) is 0 Å². The van der Waals surface area contributed by atoms with Gasteiger partial charge in [0.05, 0.1) is 5.69 Å². The van der Waals surface area contributed by atoms with Gasteiger partial charge >= 0.3 is 0 Å². The number of rotatable bonds is 8. The van der Waals surface area contributed by atoms with E-state index in [-0.39, 0.29) is 5.92 Å². The molecule has 0 bridgehead atoms. The Bertz CT molecular complexity index is 3570. The molecule has 0 fully saturated rings. The molecule has 1 unspecified atom stereocenters. The Labute approximate surface area is 359 Å². The number of benzene rings is 10. The van der Waals surface area contributed by atoms with Crippen LogP contribution in [0.2, 0.25) is 0 Å². The van der Waals surface area contributed by atoms with E-state index in [1.165, 1.54) is 33.2 Å². The molecule has 12 rings (SSSR count). The Morgan fingerprint density at radius 3 is 1.50 bits per heavy atom. The number of hydrogen-bond acceptors (Lipinski definition) is 3. The highest BCUT2D eigenvalue weighted by atomic mass is 16.3. The van der Waals surface area contributed by atoms with Gasteiger partial charge in [-0.25, -0.2) is 0 Å². The summed E-state index contributed by atoms with van der Waals surface area (Å²) in [6.07, 6.45) is 0. The molecule has 10 aromatic carbocycles. The second kappa shape index (κ2) is 14.8. The summed E-state index contributed by atoms with van der Waals surface area (Å²) in [6, 6.07) is 82.7. The third-order valence-corrected chi connectivity index (χ3v) is 12.3. The van der Waals surface area contributed by atoms with Crippen LogP contribution in [0.4, 0.5) is 17.1 Å². The Kier molecular flexibility index (Phi) is 8.57. The van der Waals surface area contributed by atoms with Gasteiger partial charge in [0.15, 0.2) is 0 Å². The van der Waals surface area contributed by atoms with Gasteiger partial charge in [0.1, 0.15) is 22.3 Å². The average Bonchev–Trinajstić information content (AvgIpc) is 3.90. The quantitative estimate of drug-likeness (QED) is 0.144. The third kappa shape index (κ3) is 6.14. The van der Waals surface area contributed by atoms with Crippen LogP contribution >= 0.6 is 0 Å². The van der Waals surface area contributed by atoms with E-state index in [0.717, 1.165) is 77.5 Å². The average molecular weight is 794 g/mol. The number of fused-ring (bicyclic) bond motifs is 7. The van der Waals surface area contributed by atoms with Crippen LogP contribution in [0.15, 0.2) is 239 Å². The van der Waals surface area contributed by atoms with Crippen LogP contribution in [0.3, 0.4) is 0 Å². The molecular weight excluding hydrogens is 755 g/mol. The van der Waals surface area contributed by atoms with E-state index in [4.69, 9.17) is 8.83 Å². The fraction of sp³-hybridized carbons (Fsp3) is 0.0169. The zero-order valence-electron chi connectivity index (χ0n) is 33.8. The predicted molar refractivity (Wildman–Crippen MR) is 258 cm³/mol. The van der Waals surface area contributed by atoms with Crippen molar-refractivity contribution in [2.75, 3.05) is 4.90 Å². The molecular formula is C59H39NO2. The standard InChI is InChI=1S/C59H39NO2/c1-5-17-39(18-6-1)51-34-44(59(41-21-9-3-10-22-41)42-29-31-49-47-25-13-15-27-55(47)61-57(49)36-42)33-43-35-54(53(38-52(43)51)40-19-7-2-8-20-40)60(45-23-11-4-12-24-45)46-30-32-50-48-26-14-16-28-56(48)62-58(50)37-46/h1-38,59H. The molecule has 2 aromatic heterocycles. The second-order valence-corrected chi connectivity index (χ2v) is 16.0. The van der Waals surface area contributed by atoms with Gasteiger partial charge in [-0.2, -0.15) is 0 Å². The van der Waals surface area contributed by atoms with Crippen LogP contribution in [0, 0.1) is 0 Å². The molecule has 0 spiro atoms. The highest BCUT2D eigenvalue weighted by Gasteiger charge is 2.24. The predicted octanol–water partition coefficient (Wildman–Crippen LogP) is 16.6. The van der Waals surface area contributed by atoms with Gasteiger partial charge in [-0.1, -0.05) is 164 Å². The maximum absolute atomic E-state index is 6.50. The van der Waals surface area contributed by atoms with Crippen molar-refractivity contribution in [3.05, 3.63) is 247 Å². The summed E-state index contributed by atoms with van der Waals surface area (Å²) in [7, 11) is 0. The molecule has 0 amide bonds. The van der Waals surface area contributed by atoms with Crippen molar-refractivity contribution in [2.24, 2.45) is 0 Å². The maximum atomic E-state index is 6.50. The fourth-order valence-corrected chi connectivity index (χ4v) is 9.48. The molecule has 1 atom stereocenters. The summed E-state index contributed by atoms with van der Waals surface area (Å²) in [4.78, 5) is 2.38. The van der Waals surface area contributed by atoms with E-state index in [1.54, 1.807) is 0 Å². The van der Waals surface area contributed by atoms with Gasteiger partial charge < -0.3 is 13.7 Å². The number of hydrogen-bond donors (Lipinski definition) is 0. The van der Waals surface area contributed by atoms with E-state index in [1.807, 2.05) is 24.3 Å². The third-order valence-electron chi connectivity index (χ3n) is 12.3. The molecule has 2 heterocycles. The normalized spacial score (nSPS) is 12.1. The highest BCUT2D eigenvalue weighted by molar-refractivity contribution is 6.08. The lowest BCUT2D eigenvalue weighted by Crippen LogP contribution is -2.11. The molecule has 0 saturated carbocycles. The Morgan fingerprint density at radius 1 is 0.306 bits per heavy atom. The largest absolute Gasteiger partial charge is 0.456 e. The van der Waals surface area contributed by atoms with Crippen molar-refractivity contribution >= 4 is 71.7 Å². The molecule has 0 radical (unpaired) electrons. The van der Waals surface area contributed by atoms with Crippen LogP contribution in [-0.2, 0) is 0 Å². The lowest BCUT2D eigenvalue weighted by Gasteiger charge is -2.29. The Balaban J connectivity index is 1.14. The minimum Gasteiger partial charge on any atom is -0.456 e. The van der Waals surface area contributed by atoms with E-state index in [9.17, 15) is 0 Å². The summed E-state index contributed by atoms with van der Waals surface area (Å²) in [5.41, 5.74) is 14.9. The van der Waals surface area contributed by atoms with E-state index >= 15 is 0 Å². The SMILES string of the molecule is c1ccc(-c2cc3c(-c4ccccc4)cc(C(c4ccccc4)c4ccc5c(c4)oc4ccccc45)cc3cc2N(c2ccccc2)c2ccc3c(c2)oc2ccccc23)cc1. The highest BCUT2D eigenvalue weighted by Crippen LogP contribution is 2.47. The molecule has 0 aliphatic rings.